The minimum atomic E-state index is -3.86. The van der Waals surface area contributed by atoms with Gasteiger partial charge in [-0.15, -0.1) is 6.58 Å². The molecular formula is C11H11BrClNO3S. The molecule has 1 amide bonds. The maximum Gasteiger partial charge on any atom is 0.261 e. The summed E-state index contributed by atoms with van der Waals surface area (Å²) in [7, 11) is 1.38. The van der Waals surface area contributed by atoms with Crippen LogP contribution < -0.4 is 5.32 Å². The Balaban J connectivity index is 2.99. The Labute approximate surface area is 119 Å². The summed E-state index contributed by atoms with van der Waals surface area (Å²) in [5, 5.41) is 2.64. The van der Waals surface area contributed by atoms with Crippen LogP contribution in [0.5, 0.6) is 0 Å². The van der Waals surface area contributed by atoms with Crippen molar-refractivity contribution < 1.29 is 13.2 Å². The van der Waals surface area contributed by atoms with Gasteiger partial charge in [0.15, 0.2) is 0 Å². The van der Waals surface area contributed by atoms with Crippen LogP contribution in [0.4, 0.5) is 0 Å². The molecule has 18 heavy (non-hydrogen) atoms. The van der Waals surface area contributed by atoms with Gasteiger partial charge in [0, 0.05) is 27.3 Å². The van der Waals surface area contributed by atoms with Gasteiger partial charge in [-0.25, -0.2) is 8.42 Å². The lowest BCUT2D eigenvalue weighted by molar-refractivity contribution is 0.0954. The van der Waals surface area contributed by atoms with E-state index in [4.69, 9.17) is 10.7 Å². The van der Waals surface area contributed by atoms with E-state index >= 15 is 0 Å². The molecule has 0 aliphatic carbocycles. The van der Waals surface area contributed by atoms with Crippen LogP contribution in [0.25, 0.3) is 0 Å². The zero-order chi connectivity index (χ0) is 13.8. The summed E-state index contributed by atoms with van der Waals surface area (Å²) in [6.45, 7) is 3.98. The minimum Gasteiger partial charge on any atom is -0.352 e. The van der Waals surface area contributed by atoms with Crippen molar-refractivity contribution in [1.82, 2.24) is 5.32 Å². The molecule has 1 aromatic carbocycles. The van der Waals surface area contributed by atoms with Crippen molar-refractivity contribution in [1.29, 1.82) is 0 Å². The van der Waals surface area contributed by atoms with Gasteiger partial charge in [-0.2, -0.15) is 0 Å². The molecule has 0 saturated heterocycles. The molecule has 0 fully saturated rings. The first-order chi connectivity index (χ1) is 8.34. The number of benzene rings is 1. The number of amides is 1. The molecule has 1 N–H and O–H groups in total. The van der Waals surface area contributed by atoms with Crippen LogP contribution >= 0.6 is 26.6 Å². The topological polar surface area (TPSA) is 63.2 Å². The van der Waals surface area contributed by atoms with Crippen molar-refractivity contribution in [3.63, 3.8) is 0 Å². The Morgan fingerprint density at radius 3 is 2.67 bits per heavy atom. The molecule has 0 heterocycles. The van der Waals surface area contributed by atoms with Crippen molar-refractivity contribution >= 4 is 41.6 Å². The second-order valence-electron chi connectivity index (χ2n) is 3.45. The third-order valence-electron chi connectivity index (χ3n) is 2.05. The van der Waals surface area contributed by atoms with Crippen LogP contribution in [0.1, 0.15) is 16.8 Å². The molecule has 98 valence electrons. The van der Waals surface area contributed by atoms with Crippen molar-refractivity contribution in [2.75, 3.05) is 6.54 Å². The van der Waals surface area contributed by atoms with E-state index in [1.807, 2.05) is 0 Å². The van der Waals surface area contributed by atoms with E-state index < -0.39 is 9.05 Å². The zero-order valence-electron chi connectivity index (χ0n) is 9.32. The summed E-state index contributed by atoms with van der Waals surface area (Å²) in [5.74, 6) is -0.361. The van der Waals surface area contributed by atoms with E-state index in [1.54, 1.807) is 6.08 Å². The standard InChI is InChI=1S/C11H11BrClNO3S/c1-2-3-4-14-11(15)8-5-9(12)7-10(6-8)18(13,16)17/h2,5-7H,1,3-4H2,(H,14,15). The highest BCUT2D eigenvalue weighted by atomic mass is 79.9. The Morgan fingerprint density at radius 2 is 2.11 bits per heavy atom. The van der Waals surface area contributed by atoms with E-state index in [-0.39, 0.29) is 16.4 Å². The summed E-state index contributed by atoms with van der Waals surface area (Å²) < 4.78 is 22.9. The summed E-state index contributed by atoms with van der Waals surface area (Å²) in [5.41, 5.74) is 0.229. The zero-order valence-corrected chi connectivity index (χ0v) is 12.5. The summed E-state index contributed by atoms with van der Waals surface area (Å²) >= 11 is 3.14. The molecule has 0 aliphatic heterocycles. The Hall–Kier alpha value is -0.850. The van der Waals surface area contributed by atoms with Gasteiger partial charge in [-0.3, -0.25) is 4.79 Å². The monoisotopic (exact) mass is 351 g/mol. The minimum absolute atomic E-state index is 0.118. The lowest BCUT2D eigenvalue weighted by Gasteiger charge is -2.06. The van der Waals surface area contributed by atoms with Gasteiger partial charge in [0.25, 0.3) is 15.0 Å². The van der Waals surface area contributed by atoms with E-state index in [0.29, 0.717) is 17.4 Å². The number of hydrogen-bond acceptors (Lipinski definition) is 3. The van der Waals surface area contributed by atoms with Crippen molar-refractivity contribution in [2.45, 2.75) is 11.3 Å². The second-order valence-corrected chi connectivity index (χ2v) is 6.93. The number of nitrogens with one attached hydrogen (secondary N) is 1. The molecule has 0 saturated carbocycles. The van der Waals surface area contributed by atoms with Crippen molar-refractivity contribution in [2.24, 2.45) is 0 Å². The Morgan fingerprint density at radius 1 is 1.44 bits per heavy atom. The van der Waals surface area contributed by atoms with Gasteiger partial charge < -0.3 is 5.32 Å². The lowest BCUT2D eigenvalue weighted by Crippen LogP contribution is -2.24. The predicted octanol–water partition coefficient (Wildman–Crippen LogP) is 2.68. The SMILES string of the molecule is C=CCCNC(=O)c1cc(Br)cc(S(=O)(=O)Cl)c1. The average molecular weight is 353 g/mol. The smallest absolute Gasteiger partial charge is 0.261 e. The van der Waals surface area contributed by atoms with Crippen molar-refractivity contribution in [3.8, 4) is 0 Å². The molecule has 0 radical (unpaired) electrons. The largest absolute Gasteiger partial charge is 0.352 e. The maximum absolute atomic E-state index is 11.7. The second kappa shape index (κ2) is 6.36. The van der Waals surface area contributed by atoms with E-state index in [2.05, 4.69) is 27.8 Å². The van der Waals surface area contributed by atoms with Crippen LogP contribution in [0.3, 0.4) is 0 Å². The molecular weight excluding hydrogens is 342 g/mol. The third-order valence-corrected chi connectivity index (χ3v) is 3.84. The van der Waals surface area contributed by atoms with Gasteiger partial charge in [0.05, 0.1) is 4.90 Å². The number of rotatable bonds is 5. The molecule has 0 atom stereocenters. The van der Waals surface area contributed by atoms with Crippen molar-refractivity contribution in [3.05, 3.63) is 40.9 Å². The fourth-order valence-corrected chi connectivity index (χ4v) is 2.67. The third kappa shape index (κ3) is 4.44. The molecule has 0 spiro atoms. The first-order valence-corrected chi connectivity index (χ1v) is 8.09. The van der Waals surface area contributed by atoms with Crippen LogP contribution in [-0.4, -0.2) is 20.9 Å². The Bertz CT molecular complexity index is 572. The molecule has 1 aromatic rings. The first kappa shape index (κ1) is 15.2. The number of halogens is 2. The summed E-state index contributed by atoms with van der Waals surface area (Å²) in [4.78, 5) is 11.6. The lowest BCUT2D eigenvalue weighted by atomic mass is 10.2. The summed E-state index contributed by atoms with van der Waals surface area (Å²) in [6, 6.07) is 4.09. The van der Waals surface area contributed by atoms with Gasteiger partial charge in [0.1, 0.15) is 0 Å². The highest BCUT2D eigenvalue weighted by Crippen LogP contribution is 2.22. The number of carbonyl (C=O) groups excluding carboxylic acids is 1. The molecule has 4 nitrogen and oxygen atoms in total. The number of hydrogen-bond donors (Lipinski definition) is 1. The average Bonchev–Trinajstić information content (AvgIpc) is 2.27. The highest BCUT2D eigenvalue weighted by molar-refractivity contribution is 9.10. The van der Waals surface area contributed by atoms with Crippen LogP contribution in [0.2, 0.25) is 0 Å². The molecule has 0 bridgehead atoms. The van der Waals surface area contributed by atoms with E-state index in [1.165, 1.54) is 18.2 Å². The van der Waals surface area contributed by atoms with E-state index in [0.717, 1.165) is 0 Å². The van der Waals surface area contributed by atoms with Gasteiger partial charge in [0.2, 0.25) is 0 Å². The highest BCUT2D eigenvalue weighted by Gasteiger charge is 2.15. The van der Waals surface area contributed by atoms with Crippen LogP contribution in [-0.2, 0) is 9.05 Å². The number of carbonyl (C=O) groups is 1. The molecule has 0 aromatic heterocycles. The van der Waals surface area contributed by atoms with Crippen LogP contribution in [0, 0.1) is 0 Å². The van der Waals surface area contributed by atoms with Gasteiger partial charge >= 0.3 is 0 Å². The molecule has 0 unspecified atom stereocenters. The quantitative estimate of drug-likeness (QED) is 0.503. The van der Waals surface area contributed by atoms with Gasteiger partial charge in [-0.05, 0) is 24.6 Å². The molecule has 0 aliphatic rings. The predicted molar refractivity (Wildman–Crippen MR) is 74.3 cm³/mol. The fourth-order valence-electron chi connectivity index (χ4n) is 1.22. The summed E-state index contributed by atoms with van der Waals surface area (Å²) in [6.07, 6.45) is 2.32. The van der Waals surface area contributed by atoms with Gasteiger partial charge in [-0.1, -0.05) is 22.0 Å². The Kier molecular flexibility index (Phi) is 5.37. The van der Waals surface area contributed by atoms with E-state index in [9.17, 15) is 13.2 Å². The maximum atomic E-state index is 11.7. The fraction of sp³-hybridized carbons (Fsp3) is 0.182. The molecule has 1 rings (SSSR count). The normalized spacial score (nSPS) is 11.0. The van der Waals surface area contributed by atoms with Crippen LogP contribution in [0.15, 0.2) is 40.2 Å². The first-order valence-electron chi connectivity index (χ1n) is 4.99. The molecule has 7 heteroatoms.